The van der Waals surface area contributed by atoms with Crippen molar-refractivity contribution in [2.45, 2.75) is 30.8 Å². The SMILES string of the molecule is [2H]C(C(=O)[C@H](O[N+](=O)[O-])[C@@H](O[N+](=O)[O-])[C@H](O[N+](=O)[O-])[C@@H](CO)O[N+](=O)[O-])c1ccccc1. The van der Waals surface area contributed by atoms with E-state index in [1.54, 1.807) is 0 Å². The van der Waals surface area contributed by atoms with Crippen LogP contribution in [0.2, 0.25) is 0 Å². The van der Waals surface area contributed by atoms with Gasteiger partial charge in [0, 0.05) is 7.77 Å². The van der Waals surface area contributed by atoms with Crippen molar-refractivity contribution < 1.29 is 51.0 Å². The minimum Gasteiger partial charge on any atom is -0.394 e. The molecule has 18 nitrogen and oxygen atoms in total. The lowest BCUT2D eigenvalue weighted by Gasteiger charge is -2.31. The third kappa shape index (κ3) is 8.27. The van der Waals surface area contributed by atoms with Gasteiger partial charge in [-0.15, -0.1) is 40.5 Å². The lowest BCUT2D eigenvalue weighted by Crippen LogP contribution is -2.55. The van der Waals surface area contributed by atoms with E-state index in [-0.39, 0.29) is 5.56 Å². The highest BCUT2D eigenvalue weighted by Crippen LogP contribution is 2.21. The second-order valence-corrected chi connectivity index (χ2v) is 5.34. The number of aliphatic hydroxyl groups excluding tert-OH is 1. The largest absolute Gasteiger partial charge is 0.394 e. The minimum atomic E-state index is -2.76. The van der Waals surface area contributed by atoms with Gasteiger partial charge in [-0.3, -0.25) is 4.79 Å². The third-order valence-electron chi connectivity index (χ3n) is 3.39. The first-order valence-corrected chi connectivity index (χ1v) is 7.84. The Balaban J connectivity index is 3.52. The van der Waals surface area contributed by atoms with Crippen LogP contribution in [0.1, 0.15) is 6.93 Å². The van der Waals surface area contributed by atoms with Gasteiger partial charge in [-0.25, -0.2) is 0 Å². The zero-order valence-corrected chi connectivity index (χ0v) is 15.0. The predicted octanol–water partition coefficient (Wildman–Crippen LogP) is -0.902. The molecule has 0 saturated heterocycles. The Morgan fingerprint density at radius 3 is 1.81 bits per heavy atom. The Labute approximate surface area is 171 Å². The highest BCUT2D eigenvalue weighted by Gasteiger charge is 2.46. The van der Waals surface area contributed by atoms with E-state index in [4.69, 9.17) is 1.37 Å². The summed E-state index contributed by atoms with van der Waals surface area (Å²) in [4.78, 5) is 72.2. The molecule has 5 atom stereocenters. The summed E-state index contributed by atoms with van der Waals surface area (Å²) >= 11 is 0. The molecule has 170 valence electrons. The summed E-state index contributed by atoms with van der Waals surface area (Å²) < 4.78 is 7.98. The lowest BCUT2D eigenvalue weighted by atomic mass is 9.96. The zero-order valence-electron chi connectivity index (χ0n) is 16.0. The molecule has 0 saturated carbocycles. The maximum atomic E-state index is 12.7. The standard InChI is InChI=1S/C13H14N4O14/c18-7-10(28-14(20)21)12(30-16(24)25)13(31-17(26)27)11(29-15(22)23)9(19)6-8-4-2-1-3-5-8/h1-5,10-13,18H,6-7H2/t10-,11+,12-,13-/m1/s1/i6D/t6?,10-,11+,12-,13-. The van der Waals surface area contributed by atoms with Gasteiger partial charge in [0.1, 0.15) is 0 Å². The number of hydrogen-bond acceptors (Lipinski definition) is 14. The number of carbonyl (C=O) groups excluding carboxylic acids is 1. The van der Waals surface area contributed by atoms with Gasteiger partial charge in [-0.05, 0) is 5.56 Å². The molecule has 0 aliphatic carbocycles. The summed E-state index contributed by atoms with van der Waals surface area (Å²) in [5, 5.41) is 46.1. The van der Waals surface area contributed by atoms with Crippen molar-refractivity contribution in [2.75, 3.05) is 6.61 Å². The second kappa shape index (κ2) is 11.6. The highest BCUT2D eigenvalue weighted by molar-refractivity contribution is 5.85. The van der Waals surface area contributed by atoms with Gasteiger partial charge in [-0.2, -0.15) is 0 Å². The van der Waals surface area contributed by atoms with Crippen LogP contribution in [-0.2, 0) is 30.5 Å². The van der Waals surface area contributed by atoms with E-state index in [1.165, 1.54) is 30.3 Å². The number of ketones is 1. The summed E-state index contributed by atoms with van der Waals surface area (Å²) in [7, 11) is 0. The van der Waals surface area contributed by atoms with Gasteiger partial charge in [0.15, 0.2) is 30.2 Å². The van der Waals surface area contributed by atoms with Crippen LogP contribution < -0.4 is 0 Å². The highest BCUT2D eigenvalue weighted by atomic mass is 17.0. The van der Waals surface area contributed by atoms with Gasteiger partial charge in [0.05, 0.1) is 6.61 Å². The fourth-order valence-corrected chi connectivity index (χ4v) is 2.30. The Kier molecular flexibility index (Phi) is 8.58. The fourth-order valence-electron chi connectivity index (χ4n) is 2.30. The van der Waals surface area contributed by atoms with Crippen LogP contribution in [0.15, 0.2) is 30.3 Å². The minimum absolute atomic E-state index is 0.0544. The summed E-state index contributed by atoms with van der Waals surface area (Å²) in [6.07, 6.45) is -12.5. The van der Waals surface area contributed by atoms with Gasteiger partial charge < -0.3 is 24.5 Å². The molecule has 0 amide bonds. The molecule has 0 bridgehead atoms. The molecular weight excluding hydrogens is 436 g/mol. The number of nitrogens with zero attached hydrogens (tertiary/aromatic N) is 4. The van der Waals surface area contributed by atoms with Crippen molar-refractivity contribution >= 4 is 5.78 Å². The first-order valence-electron chi connectivity index (χ1n) is 8.42. The molecule has 0 radical (unpaired) electrons. The smallest absolute Gasteiger partial charge is 0.295 e. The van der Waals surface area contributed by atoms with Crippen molar-refractivity contribution in [3.63, 3.8) is 0 Å². The van der Waals surface area contributed by atoms with E-state index in [0.717, 1.165) is 0 Å². The molecule has 0 heterocycles. The molecule has 1 rings (SSSR count). The van der Waals surface area contributed by atoms with Gasteiger partial charge in [-0.1, -0.05) is 30.3 Å². The van der Waals surface area contributed by atoms with Crippen LogP contribution in [-0.4, -0.2) is 62.3 Å². The molecule has 0 aromatic heterocycles. The Bertz CT molecular complexity index is 841. The quantitative estimate of drug-likeness (QED) is 0.251. The maximum Gasteiger partial charge on any atom is 0.295 e. The first kappa shape index (κ1) is 22.9. The number of aliphatic hydroxyl groups is 1. The normalized spacial score (nSPS) is 15.7. The number of Topliss-reactive ketones (excluding diaryl/α,β-unsaturated/α-hetero) is 1. The molecule has 0 spiro atoms. The van der Waals surface area contributed by atoms with E-state index in [1.807, 2.05) is 0 Å². The second-order valence-electron chi connectivity index (χ2n) is 5.34. The number of carbonyl (C=O) groups is 1. The Morgan fingerprint density at radius 1 is 0.871 bits per heavy atom. The van der Waals surface area contributed by atoms with Gasteiger partial charge in [0.2, 0.25) is 0 Å². The lowest BCUT2D eigenvalue weighted by molar-refractivity contribution is -0.825. The molecule has 0 aliphatic heterocycles. The molecule has 1 aromatic carbocycles. The van der Waals surface area contributed by atoms with Crippen LogP contribution in [0.25, 0.3) is 0 Å². The summed E-state index contributed by atoms with van der Waals surface area (Å²) in [5.74, 6) is -1.56. The Hall–Kier alpha value is -4.35. The van der Waals surface area contributed by atoms with Crippen LogP contribution in [0, 0.1) is 40.5 Å². The Morgan fingerprint density at radius 2 is 1.35 bits per heavy atom. The predicted molar refractivity (Wildman–Crippen MR) is 89.7 cm³/mol. The number of hydrogen-bond donors (Lipinski definition) is 1. The zero-order chi connectivity index (χ0) is 24.4. The fraction of sp³-hybridized carbons (Fsp3) is 0.462. The van der Waals surface area contributed by atoms with E-state index >= 15 is 0 Å². The molecule has 31 heavy (non-hydrogen) atoms. The van der Waals surface area contributed by atoms with Crippen LogP contribution in [0.5, 0.6) is 0 Å². The van der Waals surface area contributed by atoms with E-state index in [2.05, 4.69) is 19.4 Å². The number of rotatable bonds is 15. The summed E-state index contributed by atoms with van der Waals surface area (Å²) in [5.41, 5.74) is -0.0544. The first-order chi connectivity index (χ1) is 15.0. The molecule has 1 N–H and O–H groups in total. The van der Waals surface area contributed by atoms with Crippen molar-refractivity contribution in [3.8, 4) is 0 Å². The molecule has 0 fully saturated rings. The van der Waals surface area contributed by atoms with Crippen LogP contribution in [0.3, 0.4) is 0 Å². The van der Waals surface area contributed by atoms with Gasteiger partial charge >= 0.3 is 0 Å². The summed E-state index contributed by atoms with van der Waals surface area (Å²) in [6.45, 7) is -1.45. The van der Waals surface area contributed by atoms with Crippen molar-refractivity contribution in [2.24, 2.45) is 0 Å². The van der Waals surface area contributed by atoms with E-state index in [9.17, 15) is 50.4 Å². The van der Waals surface area contributed by atoms with Crippen molar-refractivity contribution in [1.82, 2.24) is 0 Å². The van der Waals surface area contributed by atoms with Gasteiger partial charge in [0.25, 0.3) is 20.3 Å². The van der Waals surface area contributed by atoms with Crippen LogP contribution in [0.4, 0.5) is 0 Å². The number of benzene rings is 1. The molecule has 1 aromatic rings. The van der Waals surface area contributed by atoms with Crippen molar-refractivity contribution in [3.05, 3.63) is 76.4 Å². The topological polar surface area (TPSA) is 247 Å². The average molecular weight is 451 g/mol. The molecule has 1 unspecified atom stereocenters. The molecular formula is C13H14N4O14. The average Bonchev–Trinajstić information content (AvgIpc) is 2.72. The van der Waals surface area contributed by atoms with Crippen LogP contribution >= 0.6 is 0 Å². The maximum absolute atomic E-state index is 12.7. The molecule has 0 aliphatic rings. The van der Waals surface area contributed by atoms with E-state index in [0.29, 0.717) is 0 Å². The third-order valence-corrected chi connectivity index (χ3v) is 3.39. The monoisotopic (exact) mass is 451 g/mol. The molecule has 18 heteroatoms. The summed E-state index contributed by atoms with van der Waals surface area (Å²) in [6, 6.07) is 6.79. The van der Waals surface area contributed by atoms with E-state index < -0.39 is 63.5 Å². The van der Waals surface area contributed by atoms with Crippen molar-refractivity contribution in [1.29, 1.82) is 0 Å².